The zero-order chi connectivity index (χ0) is 14.1. The highest BCUT2D eigenvalue weighted by Gasteiger charge is 2.64. The fourth-order valence-corrected chi connectivity index (χ4v) is 1.88. The fraction of sp³-hybridized carbons (Fsp3) is 0.900. The molecule has 0 aromatic rings. The molecule has 0 bridgehead atoms. The highest BCUT2D eigenvalue weighted by atomic mass is 19.4. The molecule has 0 spiro atoms. The van der Waals surface area contributed by atoms with Gasteiger partial charge in [0.1, 0.15) is 0 Å². The lowest BCUT2D eigenvalue weighted by atomic mass is 10.0. The number of hydrogen-bond donors (Lipinski definition) is 0. The number of alkyl halides is 5. The number of halogens is 5. The second kappa shape index (κ2) is 4.99. The summed E-state index contributed by atoms with van der Waals surface area (Å²) in [5.41, 5.74) is 0. The zero-order valence-electron chi connectivity index (χ0n) is 10.1. The number of carbonyl (C=O) groups is 1. The summed E-state index contributed by atoms with van der Waals surface area (Å²) >= 11 is 0. The van der Waals surface area contributed by atoms with Crippen molar-refractivity contribution < 1.29 is 26.7 Å². The highest BCUT2D eigenvalue weighted by molar-refractivity contribution is 5.84. The quantitative estimate of drug-likeness (QED) is 0.716. The first-order chi connectivity index (χ1) is 8.07. The van der Waals surface area contributed by atoms with Gasteiger partial charge in [-0.3, -0.25) is 4.79 Å². The van der Waals surface area contributed by atoms with Crippen LogP contribution in [0.3, 0.4) is 0 Å². The molecule has 0 N–H and O–H groups in total. The standard InChI is InChI=1S/C10H15F5N2O/c1-16(2)7-4-3-5-17(6-7)8(18)9(11,12)10(13,14)15/h7H,3-6H2,1-2H3. The van der Waals surface area contributed by atoms with Gasteiger partial charge in [0.2, 0.25) is 0 Å². The largest absolute Gasteiger partial charge is 0.463 e. The molecule has 8 heteroatoms. The van der Waals surface area contributed by atoms with Crippen LogP contribution in [0.15, 0.2) is 0 Å². The van der Waals surface area contributed by atoms with E-state index in [4.69, 9.17) is 0 Å². The molecule has 0 saturated carbocycles. The van der Waals surface area contributed by atoms with Crippen LogP contribution in [-0.4, -0.2) is 61.0 Å². The van der Waals surface area contributed by atoms with Crippen LogP contribution in [0.2, 0.25) is 0 Å². The third kappa shape index (κ3) is 2.90. The molecule has 1 saturated heterocycles. The number of likely N-dealkylation sites (N-methyl/N-ethyl adjacent to an activating group) is 1. The molecule has 106 valence electrons. The monoisotopic (exact) mass is 274 g/mol. The Morgan fingerprint density at radius 2 is 1.78 bits per heavy atom. The maximum Gasteiger partial charge on any atom is 0.463 e. The van der Waals surface area contributed by atoms with Gasteiger partial charge in [-0.15, -0.1) is 0 Å². The number of likely N-dealkylation sites (tertiary alicyclic amines) is 1. The number of rotatable bonds is 2. The summed E-state index contributed by atoms with van der Waals surface area (Å²) in [6.07, 6.45) is -4.74. The van der Waals surface area contributed by atoms with Crippen LogP contribution in [0.25, 0.3) is 0 Å². The normalized spacial score (nSPS) is 22.4. The van der Waals surface area contributed by atoms with Crippen molar-refractivity contribution in [1.82, 2.24) is 9.80 Å². The summed E-state index contributed by atoms with van der Waals surface area (Å²) in [6.45, 7) is -0.160. The van der Waals surface area contributed by atoms with E-state index in [1.54, 1.807) is 19.0 Å². The summed E-state index contributed by atoms with van der Waals surface area (Å²) in [6, 6.07) is -0.188. The predicted molar refractivity (Wildman–Crippen MR) is 54.3 cm³/mol. The molecule has 0 aromatic heterocycles. The number of carbonyl (C=O) groups excluding carboxylic acids is 1. The summed E-state index contributed by atoms with van der Waals surface area (Å²) in [4.78, 5) is 13.6. The topological polar surface area (TPSA) is 23.6 Å². The van der Waals surface area contributed by atoms with Crippen LogP contribution in [-0.2, 0) is 4.79 Å². The van der Waals surface area contributed by atoms with Gasteiger partial charge in [-0.2, -0.15) is 22.0 Å². The van der Waals surface area contributed by atoms with Gasteiger partial charge >= 0.3 is 18.0 Å². The van der Waals surface area contributed by atoms with E-state index in [2.05, 4.69) is 0 Å². The molecule has 0 aromatic carbocycles. The van der Waals surface area contributed by atoms with Crippen LogP contribution in [0.1, 0.15) is 12.8 Å². The van der Waals surface area contributed by atoms with Crippen LogP contribution in [0.5, 0.6) is 0 Å². The Labute approximate surface area is 102 Å². The van der Waals surface area contributed by atoms with Crippen molar-refractivity contribution in [2.45, 2.75) is 31.0 Å². The van der Waals surface area contributed by atoms with E-state index < -0.39 is 18.0 Å². The molecule has 18 heavy (non-hydrogen) atoms. The Kier molecular flexibility index (Phi) is 4.19. The van der Waals surface area contributed by atoms with E-state index in [1.165, 1.54) is 0 Å². The Bertz CT molecular complexity index is 316. The Balaban J connectivity index is 2.78. The molecule has 1 fully saturated rings. The van der Waals surface area contributed by atoms with Gasteiger partial charge in [0.25, 0.3) is 0 Å². The third-order valence-electron chi connectivity index (χ3n) is 3.04. The van der Waals surface area contributed by atoms with E-state index in [-0.39, 0.29) is 19.1 Å². The molecule has 1 amide bonds. The maximum absolute atomic E-state index is 12.9. The average molecular weight is 274 g/mol. The summed E-state index contributed by atoms with van der Waals surface area (Å²) in [5.74, 6) is -7.46. The van der Waals surface area contributed by atoms with Crippen molar-refractivity contribution >= 4 is 5.91 Å². The lowest BCUT2D eigenvalue weighted by molar-refractivity contribution is -0.275. The first-order valence-corrected chi connectivity index (χ1v) is 5.47. The summed E-state index contributed by atoms with van der Waals surface area (Å²) in [7, 11) is 3.39. The van der Waals surface area contributed by atoms with Crippen molar-refractivity contribution in [3.05, 3.63) is 0 Å². The molecule has 1 heterocycles. The van der Waals surface area contributed by atoms with E-state index in [1.807, 2.05) is 0 Å². The van der Waals surface area contributed by atoms with Gasteiger partial charge in [0, 0.05) is 19.1 Å². The first-order valence-electron chi connectivity index (χ1n) is 5.47. The van der Waals surface area contributed by atoms with Gasteiger partial charge in [-0.05, 0) is 26.9 Å². The smallest absolute Gasteiger partial charge is 0.336 e. The van der Waals surface area contributed by atoms with Gasteiger partial charge < -0.3 is 9.80 Å². The van der Waals surface area contributed by atoms with Crippen molar-refractivity contribution in [3.8, 4) is 0 Å². The highest BCUT2D eigenvalue weighted by Crippen LogP contribution is 2.37. The Morgan fingerprint density at radius 1 is 1.22 bits per heavy atom. The van der Waals surface area contributed by atoms with Crippen molar-refractivity contribution in [3.63, 3.8) is 0 Å². The van der Waals surface area contributed by atoms with Crippen molar-refractivity contribution in [2.75, 3.05) is 27.2 Å². The zero-order valence-corrected chi connectivity index (χ0v) is 10.1. The Morgan fingerprint density at radius 3 is 2.22 bits per heavy atom. The molecule has 0 aliphatic carbocycles. The second-order valence-corrected chi connectivity index (χ2v) is 4.58. The van der Waals surface area contributed by atoms with E-state index in [9.17, 15) is 26.7 Å². The maximum atomic E-state index is 12.9. The molecular formula is C10H15F5N2O. The van der Waals surface area contributed by atoms with Crippen molar-refractivity contribution in [1.29, 1.82) is 0 Å². The first kappa shape index (κ1) is 15.1. The molecular weight excluding hydrogens is 259 g/mol. The number of amides is 1. The number of nitrogens with zero attached hydrogens (tertiary/aromatic N) is 2. The van der Waals surface area contributed by atoms with E-state index in [0.29, 0.717) is 17.7 Å². The molecule has 1 unspecified atom stereocenters. The lowest BCUT2D eigenvalue weighted by Gasteiger charge is -2.37. The number of hydrogen-bond acceptors (Lipinski definition) is 2. The fourth-order valence-electron chi connectivity index (χ4n) is 1.88. The van der Waals surface area contributed by atoms with Gasteiger partial charge in [-0.25, -0.2) is 0 Å². The lowest BCUT2D eigenvalue weighted by Crippen LogP contribution is -2.56. The molecule has 1 rings (SSSR count). The van der Waals surface area contributed by atoms with Gasteiger partial charge in [0.05, 0.1) is 0 Å². The van der Waals surface area contributed by atoms with Crippen LogP contribution >= 0.6 is 0 Å². The molecule has 1 atom stereocenters. The van der Waals surface area contributed by atoms with E-state index in [0.717, 1.165) is 0 Å². The third-order valence-corrected chi connectivity index (χ3v) is 3.04. The van der Waals surface area contributed by atoms with Crippen LogP contribution < -0.4 is 0 Å². The van der Waals surface area contributed by atoms with E-state index >= 15 is 0 Å². The molecule has 1 aliphatic heterocycles. The second-order valence-electron chi connectivity index (χ2n) is 4.58. The van der Waals surface area contributed by atoms with Gasteiger partial charge in [0.15, 0.2) is 0 Å². The number of piperidine rings is 1. The molecule has 3 nitrogen and oxygen atoms in total. The Hall–Kier alpha value is -0.920. The minimum atomic E-state index is -5.84. The predicted octanol–water partition coefficient (Wildman–Crippen LogP) is 1.74. The minimum absolute atomic E-state index is 0.0607. The molecule has 0 radical (unpaired) electrons. The summed E-state index contributed by atoms with van der Waals surface area (Å²) < 4.78 is 62.1. The minimum Gasteiger partial charge on any atom is -0.336 e. The van der Waals surface area contributed by atoms with Crippen molar-refractivity contribution in [2.24, 2.45) is 0 Å². The molecule has 1 aliphatic rings. The van der Waals surface area contributed by atoms with Crippen LogP contribution in [0, 0.1) is 0 Å². The average Bonchev–Trinajstić information content (AvgIpc) is 2.26. The SMILES string of the molecule is CN(C)C1CCCN(C(=O)C(F)(F)C(F)(F)F)C1. The summed E-state index contributed by atoms with van der Waals surface area (Å²) in [5, 5.41) is 0. The van der Waals surface area contributed by atoms with Crippen LogP contribution in [0.4, 0.5) is 22.0 Å². The van der Waals surface area contributed by atoms with Gasteiger partial charge in [-0.1, -0.05) is 0 Å².